The molecule has 1 atom stereocenters. The fourth-order valence-electron chi connectivity index (χ4n) is 2.03. The van der Waals surface area contributed by atoms with Crippen molar-refractivity contribution in [3.05, 3.63) is 40.6 Å². The number of rotatable bonds is 6. The predicted molar refractivity (Wildman–Crippen MR) is 84.1 cm³/mol. The minimum atomic E-state index is 0.0921. The number of hydrogen-bond donors (Lipinski definition) is 1. The molecule has 1 unspecified atom stereocenters. The van der Waals surface area contributed by atoms with Gasteiger partial charge in [-0.3, -0.25) is 4.68 Å². The molecule has 0 fully saturated rings. The highest BCUT2D eigenvalue weighted by Gasteiger charge is 2.09. The van der Waals surface area contributed by atoms with Gasteiger partial charge in [-0.1, -0.05) is 22.9 Å². The summed E-state index contributed by atoms with van der Waals surface area (Å²) >= 11 is 3.48. The molecule has 108 valence electrons. The summed E-state index contributed by atoms with van der Waals surface area (Å²) in [5.41, 5.74) is 6.99. The van der Waals surface area contributed by atoms with Crippen LogP contribution in [0.1, 0.15) is 25.8 Å². The molecule has 5 heteroatoms. The maximum Gasteiger partial charge on any atom is 0.165 e. The molecule has 4 nitrogen and oxygen atoms in total. The molecule has 0 saturated carbocycles. The van der Waals surface area contributed by atoms with E-state index in [1.807, 2.05) is 29.9 Å². The molecule has 1 aromatic carbocycles. The molecule has 2 N–H and O–H groups in total. The van der Waals surface area contributed by atoms with E-state index in [0.29, 0.717) is 0 Å². The summed E-state index contributed by atoms with van der Waals surface area (Å²) in [5, 5.41) is 4.27. The van der Waals surface area contributed by atoms with Crippen LogP contribution < -0.4 is 10.5 Å². The molecule has 20 heavy (non-hydrogen) atoms. The molecule has 1 heterocycles. The predicted octanol–water partition coefficient (Wildman–Crippen LogP) is 3.74. The van der Waals surface area contributed by atoms with Crippen molar-refractivity contribution in [2.75, 3.05) is 0 Å². The van der Waals surface area contributed by atoms with Crippen LogP contribution >= 0.6 is 15.9 Å². The average Bonchev–Trinajstić information content (AvgIpc) is 2.80. The third-order valence-corrected chi connectivity index (χ3v) is 3.35. The number of nitrogens with two attached hydrogens (primary N) is 1. The summed E-state index contributed by atoms with van der Waals surface area (Å²) in [6.07, 6.45) is 5.49. The highest BCUT2D eigenvalue weighted by Crippen LogP contribution is 2.28. The second-order valence-electron chi connectivity index (χ2n) is 4.97. The normalized spacial score (nSPS) is 12.4. The lowest BCUT2D eigenvalue weighted by Gasteiger charge is -2.12. The Bertz CT molecular complexity index is 566. The van der Waals surface area contributed by atoms with E-state index in [2.05, 4.69) is 34.0 Å². The number of aromatic nitrogens is 2. The minimum absolute atomic E-state index is 0.0921. The van der Waals surface area contributed by atoms with Crippen LogP contribution in [0.4, 0.5) is 0 Å². The van der Waals surface area contributed by atoms with Crippen LogP contribution in [0.3, 0.4) is 0 Å². The molecule has 0 amide bonds. The van der Waals surface area contributed by atoms with E-state index < -0.39 is 0 Å². The quantitative estimate of drug-likeness (QED) is 0.873. The molecule has 0 saturated heterocycles. The Morgan fingerprint density at radius 3 is 2.95 bits per heavy atom. The van der Waals surface area contributed by atoms with E-state index in [1.54, 1.807) is 6.20 Å². The van der Waals surface area contributed by atoms with Crippen molar-refractivity contribution in [2.45, 2.75) is 39.3 Å². The van der Waals surface area contributed by atoms with Crippen molar-refractivity contribution >= 4 is 15.9 Å². The van der Waals surface area contributed by atoms with Crippen molar-refractivity contribution in [3.8, 4) is 11.5 Å². The van der Waals surface area contributed by atoms with Gasteiger partial charge in [-0.15, -0.1) is 0 Å². The van der Waals surface area contributed by atoms with Crippen LogP contribution in [-0.2, 0) is 13.0 Å². The first-order valence-corrected chi connectivity index (χ1v) is 7.62. The smallest absolute Gasteiger partial charge is 0.165 e. The Kier molecular flexibility index (Phi) is 5.20. The monoisotopic (exact) mass is 337 g/mol. The van der Waals surface area contributed by atoms with Gasteiger partial charge in [0.15, 0.2) is 5.75 Å². The summed E-state index contributed by atoms with van der Waals surface area (Å²) in [5.74, 6) is 1.59. The van der Waals surface area contributed by atoms with Crippen LogP contribution in [0.2, 0.25) is 0 Å². The summed E-state index contributed by atoms with van der Waals surface area (Å²) < 4.78 is 8.85. The van der Waals surface area contributed by atoms with Crippen LogP contribution in [0.25, 0.3) is 0 Å². The molecule has 0 aliphatic heterocycles. The van der Waals surface area contributed by atoms with Crippen LogP contribution in [-0.4, -0.2) is 15.8 Å². The summed E-state index contributed by atoms with van der Waals surface area (Å²) in [7, 11) is 0. The average molecular weight is 338 g/mol. The molecular weight excluding hydrogens is 318 g/mol. The second kappa shape index (κ2) is 6.90. The molecule has 0 radical (unpaired) electrons. The van der Waals surface area contributed by atoms with Crippen molar-refractivity contribution in [1.29, 1.82) is 0 Å². The zero-order valence-corrected chi connectivity index (χ0v) is 13.4. The first-order chi connectivity index (χ1) is 9.58. The van der Waals surface area contributed by atoms with Gasteiger partial charge in [0.1, 0.15) is 5.75 Å². The third kappa shape index (κ3) is 4.08. The number of benzene rings is 1. The van der Waals surface area contributed by atoms with Gasteiger partial charge in [0, 0.05) is 17.1 Å². The van der Waals surface area contributed by atoms with Gasteiger partial charge in [0.25, 0.3) is 0 Å². The molecule has 0 spiro atoms. The third-order valence-electron chi connectivity index (χ3n) is 2.85. The molecule has 0 aliphatic rings. The van der Waals surface area contributed by atoms with Gasteiger partial charge in [0.2, 0.25) is 0 Å². The molecule has 0 bridgehead atoms. The highest BCUT2D eigenvalue weighted by molar-refractivity contribution is 9.10. The van der Waals surface area contributed by atoms with Gasteiger partial charge in [-0.2, -0.15) is 5.10 Å². The Balaban J connectivity index is 2.18. The Morgan fingerprint density at radius 2 is 2.25 bits per heavy atom. The standard InChI is InChI=1S/C15H20BrN3O/c1-3-6-19-10-14(9-18-19)20-15-5-4-13(16)8-12(15)7-11(2)17/h4-5,8-11H,3,6-7,17H2,1-2H3. The summed E-state index contributed by atoms with van der Waals surface area (Å²) in [6, 6.07) is 6.07. The van der Waals surface area contributed by atoms with Crippen molar-refractivity contribution < 1.29 is 4.74 Å². The largest absolute Gasteiger partial charge is 0.454 e. The molecule has 2 aromatic rings. The Morgan fingerprint density at radius 1 is 1.45 bits per heavy atom. The van der Waals surface area contributed by atoms with Crippen molar-refractivity contribution in [1.82, 2.24) is 9.78 Å². The highest BCUT2D eigenvalue weighted by atomic mass is 79.9. The Labute approximate surface area is 128 Å². The van der Waals surface area contributed by atoms with Gasteiger partial charge < -0.3 is 10.5 Å². The summed E-state index contributed by atoms with van der Waals surface area (Å²) in [4.78, 5) is 0. The maximum atomic E-state index is 5.93. The number of halogens is 1. The van der Waals surface area contributed by atoms with Gasteiger partial charge >= 0.3 is 0 Å². The van der Waals surface area contributed by atoms with Crippen LogP contribution in [0, 0.1) is 0 Å². The van der Waals surface area contributed by atoms with Gasteiger partial charge in [-0.05, 0) is 43.5 Å². The fraction of sp³-hybridized carbons (Fsp3) is 0.400. The first kappa shape index (κ1) is 15.1. The van der Waals surface area contributed by atoms with E-state index in [9.17, 15) is 0 Å². The number of aryl methyl sites for hydroxylation is 1. The molecule has 1 aromatic heterocycles. The number of hydrogen-bond acceptors (Lipinski definition) is 3. The number of nitrogens with zero attached hydrogens (tertiary/aromatic N) is 2. The van der Waals surface area contributed by atoms with Crippen LogP contribution in [0.5, 0.6) is 11.5 Å². The summed E-state index contributed by atoms with van der Waals surface area (Å²) in [6.45, 7) is 5.01. The van der Waals surface area contributed by atoms with Crippen molar-refractivity contribution in [2.24, 2.45) is 5.73 Å². The minimum Gasteiger partial charge on any atom is -0.454 e. The van der Waals surface area contributed by atoms with Crippen LogP contribution in [0.15, 0.2) is 35.1 Å². The zero-order valence-electron chi connectivity index (χ0n) is 11.8. The fourth-order valence-corrected chi connectivity index (χ4v) is 2.44. The maximum absolute atomic E-state index is 5.93. The van der Waals surface area contributed by atoms with Gasteiger partial charge in [0.05, 0.1) is 12.4 Å². The SMILES string of the molecule is CCCn1cc(Oc2ccc(Br)cc2CC(C)N)cn1. The second-order valence-corrected chi connectivity index (χ2v) is 5.89. The number of ether oxygens (including phenoxy) is 1. The van der Waals surface area contributed by atoms with E-state index in [-0.39, 0.29) is 6.04 Å². The first-order valence-electron chi connectivity index (χ1n) is 6.82. The molecule has 2 rings (SSSR count). The van der Waals surface area contributed by atoms with E-state index in [1.165, 1.54) is 0 Å². The van der Waals surface area contributed by atoms with E-state index in [4.69, 9.17) is 10.5 Å². The lowest BCUT2D eigenvalue weighted by Crippen LogP contribution is -2.18. The topological polar surface area (TPSA) is 53.1 Å². The van der Waals surface area contributed by atoms with E-state index >= 15 is 0 Å². The zero-order chi connectivity index (χ0) is 14.5. The Hall–Kier alpha value is -1.33. The van der Waals surface area contributed by atoms with E-state index in [0.717, 1.165) is 40.9 Å². The van der Waals surface area contributed by atoms with Crippen molar-refractivity contribution in [3.63, 3.8) is 0 Å². The van der Waals surface area contributed by atoms with Gasteiger partial charge in [-0.25, -0.2) is 0 Å². The lowest BCUT2D eigenvalue weighted by atomic mass is 10.1. The lowest BCUT2D eigenvalue weighted by molar-refractivity contribution is 0.472. The molecule has 0 aliphatic carbocycles. The molecular formula is C15H20BrN3O.